The Morgan fingerprint density at radius 3 is 2.19 bits per heavy atom. The molecule has 0 aliphatic carbocycles. The molecular weight excluding hydrogens is 280 g/mol. The first-order chi connectivity index (χ1) is 9.97. The molecule has 21 heavy (non-hydrogen) atoms. The van der Waals surface area contributed by atoms with Crippen LogP contribution in [0.2, 0.25) is 5.15 Å². The van der Waals surface area contributed by atoms with Gasteiger partial charge in [0.25, 0.3) is 0 Å². The van der Waals surface area contributed by atoms with Gasteiger partial charge in [0, 0.05) is 10.9 Å². The van der Waals surface area contributed by atoms with Gasteiger partial charge in [-0.1, -0.05) is 35.9 Å². The quantitative estimate of drug-likeness (QED) is 0.578. The molecule has 1 aromatic heterocycles. The van der Waals surface area contributed by atoms with Crippen molar-refractivity contribution in [2.45, 2.75) is 27.7 Å². The molecule has 0 fully saturated rings. The Morgan fingerprint density at radius 1 is 0.857 bits per heavy atom. The molecule has 0 radical (unpaired) electrons. The maximum atomic E-state index is 6.42. The summed E-state index contributed by atoms with van der Waals surface area (Å²) < 4.78 is 0. The van der Waals surface area contributed by atoms with E-state index < -0.39 is 0 Å². The van der Waals surface area contributed by atoms with E-state index in [2.05, 4.69) is 50.0 Å². The molecule has 2 nitrogen and oxygen atoms in total. The van der Waals surface area contributed by atoms with E-state index in [0.29, 0.717) is 11.0 Å². The van der Waals surface area contributed by atoms with Crippen LogP contribution < -0.4 is 0 Å². The zero-order valence-electron chi connectivity index (χ0n) is 12.7. The summed E-state index contributed by atoms with van der Waals surface area (Å²) in [5.41, 5.74) is 6.60. The molecule has 3 heteroatoms. The first-order valence-corrected chi connectivity index (χ1v) is 7.36. The number of aromatic nitrogens is 2. The standard InChI is InChI=1S/C18H17ClN2/c1-10-8-13(4)16-14(9-10)20-18(21-17(16)19)15-11(2)6-5-7-12(15)3/h5-9H,1-4H3. The number of halogens is 1. The molecule has 0 aliphatic rings. The highest BCUT2D eigenvalue weighted by Gasteiger charge is 2.13. The van der Waals surface area contributed by atoms with Crippen molar-refractivity contribution in [2.24, 2.45) is 0 Å². The fourth-order valence-electron chi connectivity index (χ4n) is 2.87. The Hall–Kier alpha value is -1.93. The summed E-state index contributed by atoms with van der Waals surface area (Å²) in [6, 6.07) is 10.4. The number of aryl methyl sites for hydroxylation is 4. The molecule has 106 valence electrons. The number of nitrogens with zero attached hydrogens (tertiary/aromatic N) is 2. The minimum Gasteiger partial charge on any atom is -0.228 e. The molecule has 3 aromatic rings. The second kappa shape index (κ2) is 5.12. The number of hydrogen-bond donors (Lipinski definition) is 0. The lowest BCUT2D eigenvalue weighted by molar-refractivity contribution is 1.19. The van der Waals surface area contributed by atoms with Crippen molar-refractivity contribution >= 4 is 22.5 Å². The highest BCUT2D eigenvalue weighted by Crippen LogP contribution is 2.30. The lowest BCUT2D eigenvalue weighted by atomic mass is 10.0. The largest absolute Gasteiger partial charge is 0.228 e. The van der Waals surface area contributed by atoms with E-state index in [1.54, 1.807) is 0 Å². The number of benzene rings is 2. The number of rotatable bonds is 1. The van der Waals surface area contributed by atoms with Crippen molar-refractivity contribution in [2.75, 3.05) is 0 Å². The van der Waals surface area contributed by atoms with Crippen LogP contribution in [-0.4, -0.2) is 9.97 Å². The van der Waals surface area contributed by atoms with Crippen molar-refractivity contribution in [3.8, 4) is 11.4 Å². The highest BCUT2D eigenvalue weighted by molar-refractivity contribution is 6.34. The molecule has 2 aromatic carbocycles. The van der Waals surface area contributed by atoms with Crippen LogP contribution in [-0.2, 0) is 0 Å². The van der Waals surface area contributed by atoms with Crippen LogP contribution in [0.3, 0.4) is 0 Å². The predicted octanol–water partition coefficient (Wildman–Crippen LogP) is 5.18. The van der Waals surface area contributed by atoms with Gasteiger partial charge in [0.05, 0.1) is 5.52 Å². The van der Waals surface area contributed by atoms with Gasteiger partial charge in [0.2, 0.25) is 0 Å². The molecule has 1 heterocycles. The van der Waals surface area contributed by atoms with Gasteiger partial charge in [-0.05, 0) is 56.0 Å². The smallest absolute Gasteiger partial charge is 0.162 e. The van der Waals surface area contributed by atoms with E-state index in [1.807, 2.05) is 13.0 Å². The second-order valence-electron chi connectivity index (χ2n) is 5.58. The van der Waals surface area contributed by atoms with Gasteiger partial charge < -0.3 is 0 Å². The zero-order valence-corrected chi connectivity index (χ0v) is 13.4. The fourth-order valence-corrected chi connectivity index (χ4v) is 3.19. The van der Waals surface area contributed by atoms with E-state index in [9.17, 15) is 0 Å². The topological polar surface area (TPSA) is 25.8 Å². The van der Waals surface area contributed by atoms with Gasteiger partial charge in [-0.2, -0.15) is 0 Å². The van der Waals surface area contributed by atoms with E-state index in [0.717, 1.165) is 33.2 Å². The van der Waals surface area contributed by atoms with E-state index in [1.165, 1.54) is 5.56 Å². The van der Waals surface area contributed by atoms with Gasteiger partial charge in [0.1, 0.15) is 5.15 Å². The molecule has 0 amide bonds. The SMILES string of the molecule is Cc1cc(C)c2c(Cl)nc(-c3c(C)cccc3C)nc2c1. The van der Waals surface area contributed by atoms with Crippen molar-refractivity contribution in [3.63, 3.8) is 0 Å². The number of fused-ring (bicyclic) bond motifs is 1. The van der Waals surface area contributed by atoms with Gasteiger partial charge in [-0.3, -0.25) is 0 Å². The third-order valence-corrected chi connectivity index (χ3v) is 4.07. The monoisotopic (exact) mass is 296 g/mol. The average molecular weight is 297 g/mol. The molecule has 0 saturated heterocycles. The Bertz CT molecular complexity index is 833. The van der Waals surface area contributed by atoms with Crippen LogP contribution in [0.1, 0.15) is 22.3 Å². The average Bonchev–Trinajstić information content (AvgIpc) is 2.36. The zero-order chi connectivity index (χ0) is 15.1. The van der Waals surface area contributed by atoms with Gasteiger partial charge in [0.15, 0.2) is 5.82 Å². The molecule has 0 bridgehead atoms. The van der Waals surface area contributed by atoms with E-state index >= 15 is 0 Å². The highest BCUT2D eigenvalue weighted by atomic mass is 35.5. The van der Waals surface area contributed by atoms with Crippen molar-refractivity contribution in [1.29, 1.82) is 0 Å². The summed E-state index contributed by atoms with van der Waals surface area (Å²) in [6.45, 7) is 8.26. The van der Waals surface area contributed by atoms with Crippen molar-refractivity contribution in [1.82, 2.24) is 9.97 Å². The molecular formula is C18H17ClN2. The van der Waals surface area contributed by atoms with Crippen LogP contribution >= 0.6 is 11.6 Å². The van der Waals surface area contributed by atoms with E-state index in [-0.39, 0.29) is 0 Å². The molecule has 0 spiro atoms. The molecule has 0 unspecified atom stereocenters. The summed E-state index contributed by atoms with van der Waals surface area (Å²) in [5.74, 6) is 0.702. The Labute approximate surface area is 129 Å². The Balaban J connectivity index is 2.36. The Kier molecular flexibility index (Phi) is 3.42. The van der Waals surface area contributed by atoms with Gasteiger partial charge in [-0.15, -0.1) is 0 Å². The van der Waals surface area contributed by atoms with Crippen molar-refractivity contribution < 1.29 is 0 Å². The summed E-state index contributed by atoms with van der Waals surface area (Å²) in [5, 5.41) is 1.47. The van der Waals surface area contributed by atoms with Gasteiger partial charge in [-0.25, -0.2) is 9.97 Å². The minimum absolute atomic E-state index is 0.523. The van der Waals surface area contributed by atoms with Crippen molar-refractivity contribution in [3.05, 3.63) is 57.7 Å². The molecule has 0 N–H and O–H groups in total. The molecule has 0 atom stereocenters. The molecule has 0 aliphatic heterocycles. The van der Waals surface area contributed by atoms with Crippen LogP contribution in [0, 0.1) is 27.7 Å². The minimum atomic E-state index is 0.523. The van der Waals surface area contributed by atoms with Crippen LogP contribution in [0.15, 0.2) is 30.3 Å². The maximum Gasteiger partial charge on any atom is 0.162 e. The Morgan fingerprint density at radius 2 is 1.52 bits per heavy atom. The number of hydrogen-bond acceptors (Lipinski definition) is 2. The lowest BCUT2D eigenvalue weighted by Crippen LogP contribution is -1.97. The molecule has 3 rings (SSSR count). The van der Waals surface area contributed by atoms with Crippen LogP contribution in [0.5, 0.6) is 0 Å². The first kappa shape index (κ1) is 14.0. The lowest BCUT2D eigenvalue weighted by Gasteiger charge is -2.11. The fraction of sp³-hybridized carbons (Fsp3) is 0.222. The summed E-state index contributed by atoms with van der Waals surface area (Å²) in [4.78, 5) is 9.29. The molecule has 0 saturated carbocycles. The summed E-state index contributed by atoms with van der Waals surface area (Å²) >= 11 is 6.42. The van der Waals surface area contributed by atoms with Crippen LogP contribution in [0.25, 0.3) is 22.3 Å². The van der Waals surface area contributed by atoms with Gasteiger partial charge >= 0.3 is 0 Å². The van der Waals surface area contributed by atoms with Crippen LogP contribution in [0.4, 0.5) is 0 Å². The second-order valence-corrected chi connectivity index (χ2v) is 5.94. The third kappa shape index (κ3) is 2.40. The van der Waals surface area contributed by atoms with E-state index in [4.69, 9.17) is 16.6 Å². The normalized spacial score (nSPS) is 11.1. The first-order valence-electron chi connectivity index (χ1n) is 6.98. The third-order valence-electron chi connectivity index (χ3n) is 3.80. The summed E-state index contributed by atoms with van der Waals surface area (Å²) in [6.07, 6.45) is 0. The predicted molar refractivity (Wildman–Crippen MR) is 88.9 cm³/mol. The summed E-state index contributed by atoms with van der Waals surface area (Å²) in [7, 11) is 0. The maximum absolute atomic E-state index is 6.42.